The summed E-state index contributed by atoms with van der Waals surface area (Å²) in [5, 5.41) is 5.97. The summed E-state index contributed by atoms with van der Waals surface area (Å²) in [5.74, 6) is -0.421. The molecule has 1 aromatic carbocycles. The molecule has 0 spiro atoms. The fourth-order valence-corrected chi connectivity index (χ4v) is 2.16. The molecular weight excluding hydrogens is 247 g/mol. The van der Waals surface area contributed by atoms with E-state index in [0.29, 0.717) is 25.1 Å². The van der Waals surface area contributed by atoms with Crippen molar-refractivity contribution in [2.45, 2.75) is 25.5 Å². The maximum Gasteiger partial charge on any atom is 0.223 e. The van der Waals surface area contributed by atoms with Gasteiger partial charge in [0.1, 0.15) is 5.82 Å². The lowest BCUT2D eigenvalue weighted by molar-refractivity contribution is -0.125. The van der Waals surface area contributed by atoms with E-state index in [-0.39, 0.29) is 23.9 Å². The van der Waals surface area contributed by atoms with Gasteiger partial charge in [-0.1, -0.05) is 18.2 Å². The number of amides is 1. The Morgan fingerprint density at radius 2 is 2.37 bits per heavy atom. The number of carbonyl (C=O) groups excluding carboxylic acids is 1. The predicted molar refractivity (Wildman–Crippen MR) is 70.2 cm³/mol. The molecule has 1 aliphatic heterocycles. The molecule has 4 nitrogen and oxygen atoms in total. The Kier molecular flexibility index (Phi) is 4.87. The first-order valence-electron chi connectivity index (χ1n) is 6.53. The number of hydrogen-bond donors (Lipinski definition) is 2. The Labute approximate surface area is 112 Å². The molecule has 5 heteroatoms. The number of ether oxygens (including phenoxy) is 1. The van der Waals surface area contributed by atoms with Gasteiger partial charge < -0.3 is 15.4 Å². The molecule has 104 valence electrons. The van der Waals surface area contributed by atoms with Crippen molar-refractivity contribution in [3.05, 3.63) is 35.6 Å². The summed E-state index contributed by atoms with van der Waals surface area (Å²) in [6, 6.07) is 6.13. The number of nitrogens with one attached hydrogen (secondary N) is 2. The minimum Gasteiger partial charge on any atom is -0.375 e. The molecule has 0 bridgehead atoms. The molecule has 0 saturated carbocycles. The molecule has 2 atom stereocenters. The maximum atomic E-state index is 13.6. The Morgan fingerprint density at radius 1 is 1.58 bits per heavy atom. The monoisotopic (exact) mass is 266 g/mol. The van der Waals surface area contributed by atoms with Gasteiger partial charge in [-0.05, 0) is 13.0 Å². The van der Waals surface area contributed by atoms with E-state index in [1.54, 1.807) is 25.1 Å². The number of rotatable bonds is 4. The first-order chi connectivity index (χ1) is 9.16. The van der Waals surface area contributed by atoms with Gasteiger partial charge in [-0.2, -0.15) is 0 Å². The number of benzene rings is 1. The molecular formula is C14H19FN2O2. The second-order valence-corrected chi connectivity index (χ2v) is 4.71. The highest BCUT2D eigenvalue weighted by Gasteiger charge is 2.19. The highest BCUT2D eigenvalue weighted by atomic mass is 19.1. The van der Waals surface area contributed by atoms with Gasteiger partial charge >= 0.3 is 0 Å². The Morgan fingerprint density at radius 3 is 3.05 bits per heavy atom. The van der Waals surface area contributed by atoms with Crippen molar-refractivity contribution in [1.29, 1.82) is 0 Å². The van der Waals surface area contributed by atoms with Crippen LogP contribution in [0.1, 0.15) is 24.9 Å². The van der Waals surface area contributed by atoms with Crippen molar-refractivity contribution in [2.24, 2.45) is 0 Å². The van der Waals surface area contributed by atoms with Gasteiger partial charge in [-0.15, -0.1) is 0 Å². The topological polar surface area (TPSA) is 50.4 Å². The zero-order chi connectivity index (χ0) is 13.7. The van der Waals surface area contributed by atoms with Crippen LogP contribution in [0.3, 0.4) is 0 Å². The molecule has 1 heterocycles. The van der Waals surface area contributed by atoms with E-state index < -0.39 is 0 Å². The minimum atomic E-state index is -0.342. The van der Waals surface area contributed by atoms with E-state index in [4.69, 9.17) is 4.74 Å². The van der Waals surface area contributed by atoms with Crippen molar-refractivity contribution >= 4 is 5.91 Å². The van der Waals surface area contributed by atoms with E-state index in [1.165, 1.54) is 6.07 Å². The van der Waals surface area contributed by atoms with Gasteiger partial charge in [0.25, 0.3) is 0 Å². The van der Waals surface area contributed by atoms with Crippen LogP contribution in [0, 0.1) is 5.82 Å². The molecule has 0 radical (unpaired) electrons. The average molecular weight is 266 g/mol. The molecule has 1 fully saturated rings. The summed E-state index contributed by atoms with van der Waals surface area (Å²) in [7, 11) is 0. The summed E-state index contributed by atoms with van der Waals surface area (Å²) in [6.07, 6.45) is 0.202. The van der Waals surface area contributed by atoms with Crippen LogP contribution in [0.2, 0.25) is 0 Å². The smallest absolute Gasteiger partial charge is 0.223 e. The lowest BCUT2D eigenvalue weighted by Crippen LogP contribution is -2.41. The van der Waals surface area contributed by atoms with E-state index in [9.17, 15) is 9.18 Å². The second-order valence-electron chi connectivity index (χ2n) is 4.71. The van der Waals surface area contributed by atoms with Crippen molar-refractivity contribution in [2.75, 3.05) is 19.7 Å². The number of halogens is 1. The zero-order valence-corrected chi connectivity index (χ0v) is 11.0. The fourth-order valence-electron chi connectivity index (χ4n) is 2.16. The van der Waals surface area contributed by atoms with Crippen molar-refractivity contribution in [3.8, 4) is 0 Å². The number of carbonyl (C=O) groups is 1. The van der Waals surface area contributed by atoms with Crippen LogP contribution in [-0.2, 0) is 9.53 Å². The maximum absolute atomic E-state index is 13.6. The standard InChI is InChI=1S/C14H19FN2O2/c1-10(12-4-2-3-5-13(12)15)17-14(18)8-11-9-16-6-7-19-11/h2-5,10-11,16H,6-9H2,1H3,(H,17,18)/t10-,11?/m1/s1. The molecule has 19 heavy (non-hydrogen) atoms. The van der Waals surface area contributed by atoms with Crippen LogP contribution in [0.4, 0.5) is 4.39 Å². The Balaban J connectivity index is 1.86. The van der Waals surface area contributed by atoms with E-state index in [1.807, 2.05) is 0 Å². The lowest BCUT2D eigenvalue weighted by atomic mass is 10.1. The van der Waals surface area contributed by atoms with Crippen molar-refractivity contribution in [1.82, 2.24) is 10.6 Å². The first kappa shape index (κ1) is 14.0. The molecule has 0 aliphatic carbocycles. The highest BCUT2D eigenvalue weighted by molar-refractivity contribution is 5.77. The van der Waals surface area contributed by atoms with Crippen LogP contribution in [-0.4, -0.2) is 31.7 Å². The van der Waals surface area contributed by atoms with Crippen LogP contribution < -0.4 is 10.6 Å². The van der Waals surface area contributed by atoms with Gasteiger partial charge in [0.05, 0.1) is 25.2 Å². The van der Waals surface area contributed by atoms with Gasteiger partial charge in [-0.25, -0.2) is 4.39 Å². The molecule has 1 unspecified atom stereocenters. The molecule has 0 aromatic heterocycles. The predicted octanol–water partition coefficient (Wildman–Crippen LogP) is 1.38. The van der Waals surface area contributed by atoms with E-state index in [0.717, 1.165) is 6.54 Å². The van der Waals surface area contributed by atoms with Crippen LogP contribution >= 0.6 is 0 Å². The van der Waals surface area contributed by atoms with Gasteiger partial charge in [0.2, 0.25) is 5.91 Å². The normalized spacial score (nSPS) is 20.8. The quantitative estimate of drug-likeness (QED) is 0.865. The summed E-state index contributed by atoms with van der Waals surface area (Å²) < 4.78 is 19.0. The second kappa shape index (κ2) is 6.63. The molecule has 2 rings (SSSR count). The first-order valence-corrected chi connectivity index (χ1v) is 6.53. The summed E-state index contributed by atoms with van der Waals surface area (Å²) >= 11 is 0. The number of morpholine rings is 1. The number of hydrogen-bond acceptors (Lipinski definition) is 3. The van der Waals surface area contributed by atoms with Crippen LogP contribution in [0.5, 0.6) is 0 Å². The van der Waals surface area contributed by atoms with Gasteiger partial charge in [0, 0.05) is 18.7 Å². The van der Waals surface area contributed by atoms with Crippen molar-refractivity contribution < 1.29 is 13.9 Å². The SMILES string of the molecule is C[C@@H](NC(=O)CC1CNCCO1)c1ccccc1F. The van der Waals surface area contributed by atoms with E-state index in [2.05, 4.69) is 10.6 Å². The lowest BCUT2D eigenvalue weighted by Gasteiger charge is -2.24. The Hall–Kier alpha value is -1.46. The van der Waals surface area contributed by atoms with Crippen LogP contribution in [0.25, 0.3) is 0 Å². The molecule has 1 aromatic rings. The summed E-state index contributed by atoms with van der Waals surface area (Å²) in [5.41, 5.74) is 0.499. The third-order valence-electron chi connectivity index (χ3n) is 3.17. The van der Waals surface area contributed by atoms with Gasteiger partial charge in [0.15, 0.2) is 0 Å². The largest absolute Gasteiger partial charge is 0.375 e. The van der Waals surface area contributed by atoms with Gasteiger partial charge in [-0.3, -0.25) is 4.79 Å². The third-order valence-corrected chi connectivity index (χ3v) is 3.17. The van der Waals surface area contributed by atoms with Crippen molar-refractivity contribution in [3.63, 3.8) is 0 Å². The van der Waals surface area contributed by atoms with Crippen LogP contribution in [0.15, 0.2) is 24.3 Å². The van der Waals surface area contributed by atoms with E-state index >= 15 is 0 Å². The molecule has 1 aliphatic rings. The molecule has 1 amide bonds. The third kappa shape index (κ3) is 4.01. The molecule has 1 saturated heterocycles. The summed E-state index contributed by atoms with van der Waals surface area (Å²) in [4.78, 5) is 11.9. The summed E-state index contributed by atoms with van der Waals surface area (Å²) in [6.45, 7) is 3.91. The highest BCUT2D eigenvalue weighted by Crippen LogP contribution is 2.16. The fraction of sp³-hybridized carbons (Fsp3) is 0.500. The average Bonchev–Trinajstić information content (AvgIpc) is 2.40. The zero-order valence-electron chi connectivity index (χ0n) is 11.0. The molecule has 2 N–H and O–H groups in total. The Bertz CT molecular complexity index is 433. The minimum absolute atomic E-state index is 0.0958.